The van der Waals surface area contributed by atoms with Gasteiger partial charge in [0, 0.05) is 49.6 Å². The minimum atomic E-state index is -0.0395. The highest BCUT2D eigenvalue weighted by atomic mass is 35.5. The number of piperidine rings is 2. The van der Waals surface area contributed by atoms with E-state index in [4.69, 9.17) is 11.6 Å². The highest BCUT2D eigenvalue weighted by molar-refractivity contribution is 6.30. The highest BCUT2D eigenvalue weighted by Gasteiger charge is 2.29. The first-order chi connectivity index (χ1) is 18.5. The molecule has 0 saturated carbocycles. The molecule has 1 unspecified atom stereocenters. The fraction of sp³-hybridized carbons (Fsp3) is 0.533. The Morgan fingerprint density at radius 3 is 2.26 bits per heavy atom. The fourth-order valence-electron chi connectivity index (χ4n) is 6.03. The highest BCUT2D eigenvalue weighted by Crippen LogP contribution is 2.29. The summed E-state index contributed by atoms with van der Waals surface area (Å²) in [5, 5.41) is 3.82. The molecule has 8 heteroatoms. The summed E-state index contributed by atoms with van der Waals surface area (Å²) in [5.74, 6) is 0.702. The number of urea groups is 1. The number of rotatable bonds is 6. The number of likely N-dealkylation sites (N-methyl/N-ethyl adjacent to an activating group) is 1. The van der Waals surface area contributed by atoms with Crippen molar-refractivity contribution in [3.8, 4) is 0 Å². The summed E-state index contributed by atoms with van der Waals surface area (Å²) in [6.45, 7) is 5.89. The Morgan fingerprint density at radius 2 is 1.58 bits per heavy atom. The van der Waals surface area contributed by atoms with Crippen LogP contribution in [-0.2, 0) is 4.79 Å². The Morgan fingerprint density at radius 1 is 0.895 bits per heavy atom. The number of nitrogens with one attached hydrogen (secondary N) is 1. The average molecular weight is 538 g/mol. The van der Waals surface area contributed by atoms with E-state index in [1.807, 2.05) is 41.1 Å². The van der Waals surface area contributed by atoms with Crippen LogP contribution in [0.4, 0.5) is 16.2 Å². The third kappa shape index (κ3) is 6.62. The number of amides is 3. The minimum Gasteiger partial charge on any atom is -0.369 e. The topological polar surface area (TPSA) is 59.1 Å². The normalized spacial score (nSPS) is 20.9. The van der Waals surface area contributed by atoms with Gasteiger partial charge in [0.25, 0.3) is 0 Å². The zero-order chi connectivity index (χ0) is 26.5. The minimum absolute atomic E-state index is 0.0395. The van der Waals surface area contributed by atoms with Crippen LogP contribution < -0.4 is 10.2 Å². The molecule has 1 N–H and O–H groups in total. The second-order valence-electron chi connectivity index (χ2n) is 11.0. The van der Waals surface area contributed by atoms with Gasteiger partial charge >= 0.3 is 6.03 Å². The van der Waals surface area contributed by atoms with Crippen molar-refractivity contribution >= 4 is 34.9 Å². The molecule has 3 amide bonds. The van der Waals surface area contributed by atoms with E-state index in [2.05, 4.69) is 39.4 Å². The maximum absolute atomic E-state index is 12.9. The molecule has 204 valence electrons. The summed E-state index contributed by atoms with van der Waals surface area (Å²) in [6, 6.07) is 16.4. The van der Waals surface area contributed by atoms with Crippen LogP contribution in [0.3, 0.4) is 0 Å². The number of benzene rings is 2. The lowest BCUT2D eigenvalue weighted by atomic mass is 9.89. The standard InChI is InChI=1S/C30H40ClN5O2/c1-33(29(37)22-34-16-3-2-4-17-34)28-15-20-36(21-28)27-11-9-26(10-12-27)32-30(38)35-18-13-24(14-19-35)23-5-7-25(31)8-6-23/h5-12,24,28H,2-4,13-22H2,1H3,(H,32,38). The largest absolute Gasteiger partial charge is 0.369 e. The van der Waals surface area contributed by atoms with Gasteiger partial charge in [0.2, 0.25) is 5.91 Å². The maximum Gasteiger partial charge on any atom is 0.321 e. The molecule has 3 aliphatic rings. The molecule has 3 heterocycles. The summed E-state index contributed by atoms with van der Waals surface area (Å²) < 4.78 is 0. The van der Waals surface area contributed by atoms with Gasteiger partial charge in [-0.05, 0) is 93.1 Å². The van der Waals surface area contributed by atoms with Crippen molar-refractivity contribution in [1.82, 2.24) is 14.7 Å². The van der Waals surface area contributed by atoms with Crippen LogP contribution in [-0.4, -0.2) is 85.5 Å². The van der Waals surface area contributed by atoms with Crippen molar-refractivity contribution in [2.75, 3.05) is 63.1 Å². The number of carbonyl (C=O) groups excluding carboxylic acids is 2. The third-order valence-corrected chi connectivity index (χ3v) is 8.77. The lowest BCUT2D eigenvalue weighted by Crippen LogP contribution is -2.45. The van der Waals surface area contributed by atoms with E-state index in [0.717, 1.165) is 74.9 Å². The summed E-state index contributed by atoms with van der Waals surface area (Å²) in [5.41, 5.74) is 3.24. The van der Waals surface area contributed by atoms with Crippen molar-refractivity contribution in [3.05, 3.63) is 59.1 Å². The monoisotopic (exact) mass is 537 g/mol. The van der Waals surface area contributed by atoms with Crippen LogP contribution in [0.2, 0.25) is 5.02 Å². The van der Waals surface area contributed by atoms with Crippen molar-refractivity contribution in [3.63, 3.8) is 0 Å². The molecular formula is C30H40ClN5O2. The quantitative estimate of drug-likeness (QED) is 0.545. The first-order valence-corrected chi connectivity index (χ1v) is 14.5. The number of carbonyl (C=O) groups is 2. The van der Waals surface area contributed by atoms with Crippen LogP contribution in [0.1, 0.15) is 50.0 Å². The van der Waals surface area contributed by atoms with E-state index >= 15 is 0 Å². The van der Waals surface area contributed by atoms with Gasteiger partial charge in [0.1, 0.15) is 0 Å². The second-order valence-corrected chi connectivity index (χ2v) is 11.5. The summed E-state index contributed by atoms with van der Waals surface area (Å²) in [7, 11) is 1.96. The molecule has 5 rings (SSSR count). The van der Waals surface area contributed by atoms with Gasteiger partial charge in [-0.15, -0.1) is 0 Å². The van der Waals surface area contributed by atoms with Gasteiger partial charge < -0.3 is 20.0 Å². The molecule has 38 heavy (non-hydrogen) atoms. The van der Waals surface area contributed by atoms with Gasteiger partial charge in [0.15, 0.2) is 0 Å². The van der Waals surface area contributed by atoms with Crippen LogP contribution in [0.25, 0.3) is 0 Å². The van der Waals surface area contributed by atoms with Crippen molar-refractivity contribution in [1.29, 1.82) is 0 Å². The zero-order valence-electron chi connectivity index (χ0n) is 22.4. The Kier molecular flexibility index (Phi) is 8.75. The Bertz CT molecular complexity index is 1080. The van der Waals surface area contributed by atoms with Crippen LogP contribution in [0.5, 0.6) is 0 Å². The fourth-order valence-corrected chi connectivity index (χ4v) is 6.15. The van der Waals surface area contributed by atoms with E-state index < -0.39 is 0 Å². The van der Waals surface area contributed by atoms with Gasteiger partial charge in [-0.1, -0.05) is 30.2 Å². The van der Waals surface area contributed by atoms with Crippen molar-refractivity contribution in [2.24, 2.45) is 0 Å². The van der Waals surface area contributed by atoms with Crippen molar-refractivity contribution < 1.29 is 9.59 Å². The number of hydrogen-bond donors (Lipinski definition) is 1. The van der Waals surface area contributed by atoms with Gasteiger partial charge in [-0.25, -0.2) is 4.79 Å². The van der Waals surface area contributed by atoms with Crippen LogP contribution in [0.15, 0.2) is 48.5 Å². The maximum atomic E-state index is 12.9. The Balaban J connectivity index is 1.07. The molecule has 1 atom stereocenters. The van der Waals surface area contributed by atoms with Gasteiger partial charge in [-0.3, -0.25) is 9.69 Å². The molecule has 0 aromatic heterocycles. The third-order valence-electron chi connectivity index (χ3n) is 8.52. The van der Waals surface area contributed by atoms with Gasteiger partial charge in [-0.2, -0.15) is 0 Å². The van der Waals surface area contributed by atoms with E-state index in [0.29, 0.717) is 12.5 Å². The SMILES string of the molecule is CN(C(=O)CN1CCCCC1)C1CCN(c2ccc(NC(=O)N3CCC(c4ccc(Cl)cc4)CC3)cc2)C1. The number of anilines is 2. The number of nitrogens with zero attached hydrogens (tertiary/aromatic N) is 4. The molecule has 2 aromatic carbocycles. The number of likely N-dealkylation sites (tertiary alicyclic amines) is 2. The lowest BCUT2D eigenvalue weighted by molar-refractivity contribution is -0.133. The van der Waals surface area contributed by atoms with Crippen LogP contribution in [0, 0.1) is 0 Å². The first kappa shape index (κ1) is 26.8. The predicted molar refractivity (Wildman–Crippen MR) is 154 cm³/mol. The molecule has 3 saturated heterocycles. The number of hydrogen-bond acceptors (Lipinski definition) is 4. The molecule has 2 aromatic rings. The molecular weight excluding hydrogens is 498 g/mol. The zero-order valence-corrected chi connectivity index (χ0v) is 23.2. The molecule has 0 radical (unpaired) electrons. The van der Waals surface area contributed by atoms with Crippen LogP contribution >= 0.6 is 11.6 Å². The van der Waals surface area contributed by atoms with E-state index in [1.54, 1.807) is 0 Å². The molecule has 3 fully saturated rings. The Labute approximate surface area is 231 Å². The molecule has 0 aliphatic carbocycles. The van der Waals surface area contributed by atoms with Crippen molar-refractivity contribution in [2.45, 2.75) is 50.5 Å². The smallest absolute Gasteiger partial charge is 0.321 e. The summed E-state index contributed by atoms with van der Waals surface area (Å²) >= 11 is 6.02. The molecule has 0 spiro atoms. The van der Waals surface area contributed by atoms with E-state index in [-0.39, 0.29) is 18.0 Å². The molecule has 0 bridgehead atoms. The predicted octanol–water partition coefficient (Wildman–Crippen LogP) is 5.27. The first-order valence-electron chi connectivity index (χ1n) is 14.1. The second kappa shape index (κ2) is 12.4. The lowest BCUT2D eigenvalue weighted by Gasteiger charge is -2.32. The molecule has 3 aliphatic heterocycles. The molecule has 7 nitrogen and oxygen atoms in total. The van der Waals surface area contributed by atoms with E-state index in [9.17, 15) is 9.59 Å². The van der Waals surface area contributed by atoms with E-state index in [1.165, 1.54) is 24.8 Å². The average Bonchev–Trinajstić information content (AvgIpc) is 3.44. The Hall–Kier alpha value is -2.77. The van der Waals surface area contributed by atoms with Gasteiger partial charge in [0.05, 0.1) is 12.6 Å². The number of halogens is 1. The summed E-state index contributed by atoms with van der Waals surface area (Å²) in [6.07, 6.45) is 6.58. The summed E-state index contributed by atoms with van der Waals surface area (Å²) in [4.78, 5) is 34.2.